The van der Waals surface area contributed by atoms with E-state index >= 15 is 0 Å². The van der Waals surface area contributed by atoms with Crippen LogP contribution in [0.3, 0.4) is 0 Å². The third kappa shape index (κ3) is 4.05. The van der Waals surface area contributed by atoms with E-state index in [2.05, 4.69) is 21.8 Å². The fraction of sp³-hybridized carbons (Fsp3) is 0.500. The van der Waals surface area contributed by atoms with Crippen molar-refractivity contribution in [1.82, 2.24) is 9.55 Å². The van der Waals surface area contributed by atoms with Crippen LogP contribution in [0.2, 0.25) is 0 Å². The van der Waals surface area contributed by atoms with E-state index in [1.807, 2.05) is 18.3 Å². The van der Waals surface area contributed by atoms with Crippen LogP contribution in [0.15, 0.2) is 30.6 Å². The van der Waals surface area contributed by atoms with Crippen LogP contribution in [0, 0.1) is 5.92 Å². The topological polar surface area (TPSA) is 62.3 Å². The number of nitrogens with zero attached hydrogens (tertiary/aromatic N) is 2. The third-order valence-corrected chi connectivity index (χ3v) is 4.95. The zero-order valence-corrected chi connectivity index (χ0v) is 15.7. The van der Waals surface area contributed by atoms with Crippen molar-refractivity contribution in [2.75, 3.05) is 19.8 Å². The van der Waals surface area contributed by atoms with E-state index in [-0.39, 0.29) is 24.8 Å². The average Bonchev–Trinajstić information content (AvgIpc) is 3.11. The lowest BCUT2D eigenvalue weighted by atomic mass is 9.85. The molecule has 25 heavy (non-hydrogen) atoms. The number of imidazole rings is 1. The molecular formula is C18H25Cl2N3O2. The second kappa shape index (κ2) is 8.79. The Morgan fingerprint density at radius 2 is 1.92 bits per heavy atom. The van der Waals surface area contributed by atoms with Gasteiger partial charge in [-0.2, -0.15) is 0 Å². The molecule has 2 N–H and O–H groups in total. The molecule has 0 amide bonds. The van der Waals surface area contributed by atoms with Crippen LogP contribution < -0.4 is 15.2 Å². The number of aromatic nitrogens is 2. The number of hydrogen-bond donors (Lipinski definition) is 1. The number of benzene rings is 1. The van der Waals surface area contributed by atoms with Gasteiger partial charge in [0.05, 0.1) is 0 Å². The van der Waals surface area contributed by atoms with E-state index in [4.69, 9.17) is 15.2 Å². The Morgan fingerprint density at radius 1 is 1.12 bits per heavy atom. The standard InChI is InChI=1S/C18H23N3O2.2ClH/c19-12-13-2-1-3-15(10-13)21-7-6-20-18(21)14-4-5-16-17(11-14)23-9-8-22-16;;/h4-7,11,13,15H,1-3,8-10,12,19H2;2*1H/t13-,15+;;/m0../s1. The summed E-state index contributed by atoms with van der Waals surface area (Å²) in [6.45, 7) is 2.00. The fourth-order valence-electron chi connectivity index (χ4n) is 3.74. The van der Waals surface area contributed by atoms with Crippen LogP contribution in [0.5, 0.6) is 11.5 Å². The van der Waals surface area contributed by atoms with Crippen LogP contribution in [0.25, 0.3) is 11.4 Å². The Balaban J connectivity index is 0.00000113. The summed E-state index contributed by atoms with van der Waals surface area (Å²) in [7, 11) is 0. The molecule has 4 rings (SSSR count). The molecule has 0 radical (unpaired) electrons. The lowest BCUT2D eigenvalue weighted by molar-refractivity contribution is 0.171. The number of rotatable bonds is 3. The highest BCUT2D eigenvalue weighted by Crippen LogP contribution is 2.37. The van der Waals surface area contributed by atoms with E-state index in [1.165, 1.54) is 19.3 Å². The van der Waals surface area contributed by atoms with Crippen molar-refractivity contribution in [1.29, 1.82) is 0 Å². The molecule has 1 aromatic carbocycles. The molecule has 2 aliphatic rings. The van der Waals surface area contributed by atoms with Crippen molar-refractivity contribution < 1.29 is 9.47 Å². The van der Waals surface area contributed by atoms with Crippen molar-refractivity contribution >= 4 is 24.8 Å². The SMILES string of the molecule is Cl.Cl.NC[C@H]1CCC[C@@H](n2ccnc2-c2ccc3c(c2)OCCO3)C1. The van der Waals surface area contributed by atoms with Crippen LogP contribution in [-0.4, -0.2) is 29.3 Å². The summed E-state index contributed by atoms with van der Waals surface area (Å²) in [5.41, 5.74) is 6.97. The molecule has 1 aliphatic carbocycles. The molecule has 2 aromatic rings. The van der Waals surface area contributed by atoms with Gasteiger partial charge in [0.15, 0.2) is 11.5 Å². The quantitative estimate of drug-likeness (QED) is 0.870. The summed E-state index contributed by atoms with van der Waals surface area (Å²) < 4.78 is 13.6. The van der Waals surface area contributed by atoms with Gasteiger partial charge in [-0.3, -0.25) is 0 Å². The Kier molecular flexibility index (Phi) is 6.99. The van der Waals surface area contributed by atoms with E-state index in [0.29, 0.717) is 25.2 Å². The van der Waals surface area contributed by atoms with Gasteiger partial charge in [-0.05, 0) is 49.9 Å². The normalized spacial score (nSPS) is 21.8. The minimum absolute atomic E-state index is 0. The summed E-state index contributed by atoms with van der Waals surface area (Å²) in [6, 6.07) is 6.57. The van der Waals surface area contributed by atoms with E-state index in [9.17, 15) is 0 Å². The number of fused-ring (bicyclic) bond motifs is 1. The molecule has 1 saturated carbocycles. The van der Waals surface area contributed by atoms with Crippen LogP contribution in [0.4, 0.5) is 0 Å². The molecule has 1 fully saturated rings. The Morgan fingerprint density at radius 3 is 2.72 bits per heavy atom. The van der Waals surface area contributed by atoms with Gasteiger partial charge in [0.25, 0.3) is 0 Å². The monoisotopic (exact) mass is 385 g/mol. The van der Waals surface area contributed by atoms with Crippen molar-refractivity contribution in [3.8, 4) is 22.9 Å². The summed E-state index contributed by atoms with van der Waals surface area (Å²) in [5.74, 6) is 3.26. The molecule has 1 aromatic heterocycles. The van der Waals surface area contributed by atoms with Gasteiger partial charge in [0.1, 0.15) is 19.0 Å². The zero-order chi connectivity index (χ0) is 15.6. The smallest absolute Gasteiger partial charge is 0.162 e. The molecule has 1 aliphatic heterocycles. The van der Waals surface area contributed by atoms with E-state index in [0.717, 1.165) is 35.9 Å². The van der Waals surface area contributed by atoms with Crippen LogP contribution >= 0.6 is 24.8 Å². The maximum Gasteiger partial charge on any atom is 0.162 e. The lowest BCUT2D eigenvalue weighted by Gasteiger charge is -2.30. The van der Waals surface area contributed by atoms with Crippen LogP contribution in [-0.2, 0) is 0 Å². The molecule has 0 saturated heterocycles. The Bertz CT molecular complexity index is 693. The number of halogens is 2. The van der Waals surface area contributed by atoms with Gasteiger partial charge >= 0.3 is 0 Å². The summed E-state index contributed by atoms with van der Waals surface area (Å²) in [4.78, 5) is 4.60. The third-order valence-electron chi connectivity index (χ3n) is 4.95. The van der Waals surface area contributed by atoms with Gasteiger partial charge in [0, 0.05) is 24.0 Å². The predicted octanol–water partition coefficient (Wildman–Crippen LogP) is 3.85. The number of ether oxygens (including phenoxy) is 2. The highest BCUT2D eigenvalue weighted by Gasteiger charge is 2.24. The summed E-state index contributed by atoms with van der Waals surface area (Å²) in [6.07, 6.45) is 8.81. The second-order valence-corrected chi connectivity index (χ2v) is 6.44. The first-order valence-corrected chi connectivity index (χ1v) is 8.48. The second-order valence-electron chi connectivity index (χ2n) is 6.44. The molecule has 2 atom stereocenters. The largest absolute Gasteiger partial charge is 0.486 e. The van der Waals surface area contributed by atoms with Crippen molar-refractivity contribution in [3.05, 3.63) is 30.6 Å². The predicted molar refractivity (Wildman–Crippen MR) is 103 cm³/mol. The molecule has 0 bridgehead atoms. The molecular weight excluding hydrogens is 361 g/mol. The fourth-order valence-corrected chi connectivity index (χ4v) is 3.74. The highest BCUT2D eigenvalue weighted by atomic mass is 35.5. The highest BCUT2D eigenvalue weighted by molar-refractivity contribution is 5.85. The molecule has 5 nitrogen and oxygen atoms in total. The zero-order valence-electron chi connectivity index (χ0n) is 14.1. The summed E-state index contributed by atoms with van der Waals surface area (Å²) >= 11 is 0. The molecule has 7 heteroatoms. The minimum atomic E-state index is 0. The lowest BCUT2D eigenvalue weighted by Crippen LogP contribution is -2.24. The van der Waals surface area contributed by atoms with E-state index < -0.39 is 0 Å². The molecule has 138 valence electrons. The first-order chi connectivity index (χ1) is 11.3. The van der Waals surface area contributed by atoms with Gasteiger partial charge in [-0.15, -0.1) is 24.8 Å². The molecule has 0 unspecified atom stereocenters. The number of hydrogen-bond acceptors (Lipinski definition) is 4. The Hall–Kier alpha value is -1.43. The first kappa shape index (κ1) is 19.9. The maximum atomic E-state index is 5.89. The van der Waals surface area contributed by atoms with Gasteiger partial charge in [-0.1, -0.05) is 6.42 Å². The van der Waals surface area contributed by atoms with Crippen molar-refractivity contribution in [3.63, 3.8) is 0 Å². The van der Waals surface area contributed by atoms with Crippen molar-refractivity contribution in [2.24, 2.45) is 11.7 Å². The van der Waals surface area contributed by atoms with Gasteiger partial charge < -0.3 is 19.8 Å². The summed E-state index contributed by atoms with van der Waals surface area (Å²) in [5, 5.41) is 0. The van der Waals surface area contributed by atoms with E-state index in [1.54, 1.807) is 0 Å². The number of nitrogens with two attached hydrogens (primary N) is 1. The van der Waals surface area contributed by atoms with Crippen LogP contribution in [0.1, 0.15) is 31.7 Å². The maximum absolute atomic E-state index is 5.89. The van der Waals surface area contributed by atoms with Crippen molar-refractivity contribution in [2.45, 2.75) is 31.7 Å². The van der Waals surface area contributed by atoms with Gasteiger partial charge in [-0.25, -0.2) is 4.98 Å². The molecule has 0 spiro atoms. The molecule has 2 heterocycles. The van der Waals surface area contributed by atoms with Gasteiger partial charge in [0.2, 0.25) is 0 Å². The Labute approximate surface area is 160 Å². The first-order valence-electron chi connectivity index (χ1n) is 8.48. The average molecular weight is 386 g/mol. The minimum Gasteiger partial charge on any atom is -0.486 e.